The second-order valence-electron chi connectivity index (χ2n) is 3.86. The van der Waals surface area contributed by atoms with Crippen molar-refractivity contribution < 1.29 is 0 Å². The average molecular weight is 284 g/mol. The van der Waals surface area contributed by atoms with E-state index in [-0.39, 0.29) is 24.8 Å². The van der Waals surface area contributed by atoms with E-state index in [0.29, 0.717) is 17.2 Å². The Balaban J connectivity index is 0.000000640. The molecule has 2 fully saturated rings. The van der Waals surface area contributed by atoms with Crippen LogP contribution in [-0.2, 0) is 0 Å². The van der Waals surface area contributed by atoms with E-state index in [1.807, 2.05) is 6.07 Å². The zero-order valence-electron chi connectivity index (χ0n) is 8.47. The summed E-state index contributed by atoms with van der Waals surface area (Å²) in [6, 6.07) is 4.97. The lowest BCUT2D eigenvalue weighted by atomic mass is 10.2. The fraction of sp³-hybridized carbons (Fsp3) is 0.556. The molecule has 1 aromatic heterocycles. The van der Waals surface area contributed by atoms with Crippen LogP contribution in [0.25, 0.3) is 0 Å². The third-order valence-corrected chi connectivity index (χ3v) is 3.17. The second kappa shape index (κ2) is 5.36. The molecule has 4 nitrogen and oxygen atoms in total. The van der Waals surface area contributed by atoms with Crippen LogP contribution in [0.5, 0.6) is 0 Å². The molecule has 0 saturated carbocycles. The maximum absolute atomic E-state index is 5.69. The van der Waals surface area contributed by atoms with Crippen molar-refractivity contribution in [2.75, 3.05) is 18.0 Å². The molecule has 2 aliphatic heterocycles. The number of halogens is 3. The summed E-state index contributed by atoms with van der Waals surface area (Å²) in [4.78, 5) is 2.31. The Morgan fingerprint density at radius 3 is 2.62 bits per heavy atom. The highest BCUT2D eigenvalue weighted by Gasteiger charge is 2.38. The predicted molar refractivity (Wildman–Crippen MR) is 69.1 cm³/mol. The van der Waals surface area contributed by atoms with Gasteiger partial charge in [-0.05, 0) is 18.6 Å². The van der Waals surface area contributed by atoms with Crippen LogP contribution >= 0.6 is 36.4 Å². The summed E-state index contributed by atoms with van der Waals surface area (Å²) in [6.45, 7) is 2.11. The maximum atomic E-state index is 5.69. The van der Waals surface area contributed by atoms with Gasteiger partial charge in [0.1, 0.15) is 0 Å². The molecular weight excluding hydrogens is 270 g/mol. The Kier molecular flexibility index (Phi) is 4.62. The first-order valence-corrected chi connectivity index (χ1v) is 5.20. The topological polar surface area (TPSA) is 41.0 Å². The molecule has 3 rings (SSSR count). The van der Waals surface area contributed by atoms with Gasteiger partial charge in [-0.3, -0.25) is 0 Å². The molecule has 0 spiro atoms. The monoisotopic (exact) mass is 282 g/mol. The minimum absolute atomic E-state index is 0. The Bertz CT molecular complexity index is 345. The average Bonchev–Trinajstić information content (AvgIpc) is 2.80. The normalized spacial score (nSPS) is 26.2. The molecule has 0 amide bonds. The van der Waals surface area contributed by atoms with E-state index < -0.39 is 0 Å². The van der Waals surface area contributed by atoms with E-state index in [2.05, 4.69) is 20.4 Å². The Morgan fingerprint density at radius 2 is 2.12 bits per heavy atom. The van der Waals surface area contributed by atoms with Gasteiger partial charge >= 0.3 is 0 Å². The number of fused-ring (bicyclic) bond motifs is 2. The van der Waals surface area contributed by atoms with Crippen LogP contribution in [0.4, 0.5) is 5.82 Å². The van der Waals surface area contributed by atoms with Gasteiger partial charge in [0.15, 0.2) is 11.0 Å². The minimum Gasteiger partial charge on any atom is -0.349 e. The molecule has 0 aliphatic carbocycles. The first-order valence-electron chi connectivity index (χ1n) is 4.82. The van der Waals surface area contributed by atoms with Crippen LogP contribution in [0.2, 0.25) is 5.15 Å². The molecule has 1 N–H and O–H groups in total. The van der Waals surface area contributed by atoms with Gasteiger partial charge in [-0.2, -0.15) is 0 Å². The molecule has 2 saturated heterocycles. The van der Waals surface area contributed by atoms with Crippen LogP contribution in [0.15, 0.2) is 12.1 Å². The van der Waals surface area contributed by atoms with Gasteiger partial charge in [0.2, 0.25) is 0 Å². The molecular formula is C9H13Cl3N4. The van der Waals surface area contributed by atoms with Crippen molar-refractivity contribution in [3.05, 3.63) is 17.3 Å². The van der Waals surface area contributed by atoms with Crippen LogP contribution in [-0.4, -0.2) is 35.4 Å². The van der Waals surface area contributed by atoms with E-state index in [9.17, 15) is 0 Å². The molecule has 3 heterocycles. The number of piperazine rings is 1. The maximum Gasteiger partial charge on any atom is 0.151 e. The van der Waals surface area contributed by atoms with Gasteiger partial charge < -0.3 is 10.2 Å². The van der Waals surface area contributed by atoms with Gasteiger partial charge in [-0.25, -0.2) is 0 Å². The van der Waals surface area contributed by atoms with Crippen molar-refractivity contribution in [2.24, 2.45) is 0 Å². The highest BCUT2D eigenvalue weighted by molar-refractivity contribution is 6.29. The largest absolute Gasteiger partial charge is 0.349 e. The third-order valence-electron chi connectivity index (χ3n) is 2.97. The molecule has 2 bridgehead atoms. The van der Waals surface area contributed by atoms with Crippen LogP contribution < -0.4 is 10.2 Å². The minimum atomic E-state index is 0. The smallest absolute Gasteiger partial charge is 0.151 e. The highest BCUT2D eigenvalue weighted by atomic mass is 35.5. The number of hydrogen-bond donors (Lipinski definition) is 1. The number of rotatable bonds is 1. The number of aromatic nitrogens is 2. The lowest BCUT2D eigenvalue weighted by Gasteiger charge is -2.27. The number of nitrogens with one attached hydrogen (secondary N) is 1. The lowest BCUT2D eigenvalue weighted by molar-refractivity contribution is 0.574. The number of anilines is 1. The van der Waals surface area contributed by atoms with Crippen molar-refractivity contribution in [2.45, 2.75) is 18.5 Å². The summed E-state index contributed by atoms with van der Waals surface area (Å²) in [6.07, 6.45) is 1.23. The van der Waals surface area contributed by atoms with Gasteiger partial charge in [-0.15, -0.1) is 35.0 Å². The Labute approximate surface area is 112 Å². The molecule has 16 heavy (non-hydrogen) atoms. The van der Waals surface area contributed by atoms with Crippen LogP contribution in [0.3, 0.4) is 0 Å². The fourth-order valence-corrected chi connectivity index (χ4v) is 2.40. The standard InChI is InChI=1S/C9H11ClN4.2ClH/c10-8-1-2-9(13-12-8)14-5-6-3-7(14)4-11-6;;/h1-2,6-7,11H,3-5H2;2*1H. The first-order chi connectivity index (χ1) is 6.83. The van der Waals surface area contributed by atoms with Gasteiger partial charge in [0.25, 0.3) is 0 Å². The van der Waals surface area contributed by atoms with Gasteiger partial charge in [0, 0.05) is 25.2 Å². The first kappa shape index (κ1) is 13.8. The third kappa shape index (κ3) is 2.35. The summed E-state index contributed by atoms with van der Waals surface area (Å²) in [5.41, 5.74) is 0. The van der Waals surface area contributed by atoms with Gasteiger partial charge in [0.05, 0.1) is 0 Å². The van der Waals surface area contributed by atoms with Crippen LogP contribution in [0, 0.1) is 0 Å². The van der Waals surface area contributed by atoms with E-state index in [0.717, 1.165) is 18.9 Å². The second-order valence-corrected chi connectivity index (χ2v) is 4.25. The number of hydrogen-bond acceptors (Lipinski definition) is 4. The van der Waals surface area contributed by atoms with Crippen LogP contribution in [0.1, 0.15) is 6.42 Å². The molecule has 90 valence electrons. The SMILES string of the molecule is Cl.Cl.Clc1ccc(N2CC3CC2CN3)nn1. The predicted octanol–water partition coefficient (Wildman–Crippen LogP) is 1.52. The molecule has 2 unspecified atom stereocenters. The highest BCUT2D eigenvalue weighted by Crippen LogP contribution is 2.27. The van der Waals surface area contributed by atoms with E-state index in [1.165, 1.54) is 6.42 Å². The summed E-state index contributed by atoms with van der Waals surface area (Å²) >= 11 is 5.69. The van der Waals surface area contributed by atoms with Crippen molar-refractivity contribution in [1.29, 1.82) is 0 Å². The van der Waals surface area contributed by atoms with Crippen molar-refractivity contribution in [3.63, 3.8) is 0 Å². The van der Waals surface area contributed by atoms with E-state index in [4.69, 9.17) is 11.6 Å². The van der Waals surface area contributed by atoms with Gasteiger partial charge in [-0.1, -0.05) is 11.6 Å². The van der Waals surface area contributed by atoms with Crippen molar-refractivity contribution in [1.82, 2.24) is 15.5 Å². The van der Waals surface area contributed by atoms with E-state index in [1.54, 1.807) is 6.07 Å². The fourth-order valence-electron chi connectivity index (χ4n) is 2.30. The lowest BCUT2D eigenvalue weighted by Crippen LogP contribution is -2.44. The Morgan fingerprint density at radius 1 is 1.31 bits per heavy atom. The molecule has 0 radical (unpaired) electrons. The van der Waals surface area contributed by atoms with E-state index >= 15 is 0 Å². The quantitative estimate of drug-likeness (QED) is 0.848. The zero-order valence-corrected chi connectivity index (χ0v) is 10.9. The summed E-state index contributed by atoms with van der Waals surface area (Å²) in [5.74, 6) is 0.948. The molecule has 7 heteroatoms. The summed E-state index contributed by atoms with van der Waals surface area (Å²) in [5, 5.41) is 11.9. The zero-order chi connectivity index (χ0) is 9.54. The van der Waals surface area contributed by atoms with Crippen molar-refractivity contribution in [3.8, 4) is 0 Å². The number of nitrogens with zero attached hydrogens (tertiary/aromatic N) is 3. The summed E-state index contributed by atoms with van der Waals surface area (Å²) in [7, 11) is 0. The molecule has 2 atom stereocenters. The molecule has 0 aromatic carbocycles. The molecule has 1 aromatic rings. The Hall–Kier alpha value is -0.290. The van der Waals surface area contributed by atoms with Crippen molar-refractivity contribution >= 4 is 42.2 Å². The summed E-state index contributed by atoms with van der Waals surface area (Å²) < 4.78 is 0. The molecule has 2 aliphatic rings.